The highest BCUT2D eigenvalue weighted by molar-refractivity contribution is 7.71. The molecule has 0 aliphatic heterocycles. The Labute approximate surface area is 110 Å². The molecule has 0 radical (unpaired) electrons. The van der Waals surface area contributed by atoms with E-state index in [0.717, 1.165) is 12.1 Å². The molecule has 0 bridgehead atoms. The van der Waals surface area contributed by atoms with Gasteiger partial charge >= 0.3 is 0 Å². The van der Waals surface area contributed by atoms with Crippen molar-refractivity contribution < 1.29 is 4.39 Å². The average molecular weight is 291 g/mol. The first-order chi connectivity index (χ1) is 7.99. The highest BCUT2D eigenvalue weighted by Crippen LogP contribution is 2.29. The minimum absolute atomic E-state index is 0.109. The molecule has 0 amide bonds. The summed E-state index contributed by atoms with van der Waals surface area (Å²) in [6.45, 7) is 0. The molecule has 17 heavy (non-hydrogen) atoms. The number of hydrogen-bond acceptors (Lipinski definition) is 2. The van der Waals surface area contributed by atoms with Crippen LogP contribution in [0.15, 0.2) is 29.2 Å². The molecule has 1 heterocycles. The fourth-order valence-electron chi connectivity index (χ4n) is 1.36. The van der Waals surface area contributed by atoms with Gasteiger partial charge in [0.2, 0.25) is 0 Å². The summed E-state index contributed by atoms with van der Waals surface area (Å²) in [6.07, 6.45) is 1.42. The van der Waals surface area contributed by atoms with Crippen molar-refractivity contribution in [2.24, 2.45) is 0 Å². The predicted octanol–water partition coefficient (Wildman–Crippen LogP) is 3.34. The zero-order valence-corrected chi connectivity index (χ0v) is 10.5. The van der Waals surface area contributed by atoms with Crippen LogP contribution in [0.2, 0.25) is 10.0 Å². The summed E-state index contributed by atoms with van der Waals surface area (Å²) in [5, 5.41) is 0.219. The lowest BCUT2D eigenvalue weighted by molar-refractivity contribution is 0.627. The Balaban J connectivity index is 2.77. The molecule has 0 saturated carbocycles. The number of nitrogens with one attached hydrogen (secondary N) is 1. The van der Waals surface area contributed by atoms with E-state index in [1.54, 1.807) is 0 Å². The Morgan fingerprint density at radius 2 is 1.88 bits per heavy atom. The second-order valence-corrected chi connectivity index (χ2v) is 4.40. The molecule has 0 aliphatic carbocycles. The Morgan fingerprint density at radius 3 is 2.41 bits per heavy atom. The fraction of sp³-hybridized carbons (Fsp3) is 0. The molecule has 7 heteroatoms. The maximum Gasteiger partial charge on any atom is 0.251 e. The van der Waals surface area contributed by atoms with E-state index in [4.69, 9.17) is 35.4 Å². The number of halogens is 3. The summed E-state index contributed by atoms with van der Waals surface area (Å²) < 4.78 is 14.6. The summed E-state index contributed by atoms with van der Waals surface area (Å²) in [5.41, 5.74) is -0.00316. The van der Waals surface area contributed by atoms with Gasteiger partial charge in [0.15, 0.2) is 4.77 Å². The van der Waals surface area contributed by atoms with E-state index >= 15 is 0 Å². The monoisotopic (exact) mass is 290 g/mol. The molecule has 1 aromatic heterocycles. The second-order valence-electron chi connectivity index (χ2n) is 3.20. The zero-order valence-electron chi connectivity index (χ0n) is 8.21. The number of H-pyrrole nitrogens is 1. The molecule has 0 atom stereocenters. The Morgan fingerprint density at radius 1 is 1.29 bits per heavy atom. The number of benzene rings is 1. The predicted molar refractivity (Wildman–Crippen MR) is 67.2 cm³/mol. The molecule has 0 unspecified atom stereocenters. The summed E-state index contributed by atoms with van der Waals surface area (Å²) in [4.78, 5) is 13.5. The minimum atomic E-state index is -0.542. The minimum Gasteiger partial charge on any atom is -0.299 e. The highest BCUT2D eigenvalue weighted by Gasteiger charge is 2.10. The molecule has 2 rings (SSSR count). The molecule has 1 N–H and O–H groups in total. The Hall–Kier alpha value is -1.17. The van der Waals surface area contributed by atoms with Crippen LogP contribution in [0.5, 0.6) is 0 Å². The van der Waals surface area contributed by atoms with Crippen molar-refractivity contribution in [3.05, 3.63) is 55.4 Å². The van der Waals surface area contributed by atoms with Crippen molar-refractivity contribution >= 4 is 35.4 Å². The van der Waals surface area contributed by atoms with Crippen LogP contribution >= 0.6 is 35.4 Å². The van der Waals surface area contributed by atoms with E-state index in [1.165, 1.54) is 16.8 Å². The lowest BCUT2D eigenvalue weighted by Gasteiger charge is -2.10. The third-order valence-electron chi connectivity index (χ3n) is 2.05. The van der Waals surface area contributed by atoms with Gasteiger partial charge < -0.3 is 0 Å². The second kappa shape index (κ2) is 4.60. The molecule has 0 aliphatic rings. The maximum absolute atomic E-state index is 13.0. The van der Waals surface area contributed by atoms with Crippen molar-refractivity contribution in [1.29, 1.82) is 0 Å². The smallest absolute Gasteiger partial charge is 0.251 e. The Bertz CT molecular complexity index is 672. The van der Waals surface area contributed by atoms with E-state index in [2.05, 4.69) is 4.98 Å². The molecule has 88 valence electrons. The van der Waals surface area contributed by atoms with Crippen LogP contribution in [0.1, 0.15) is 0 Å². The van der Waals surface area contributed by atoms with E-state index in [0.29, 0.717) is 5.69 Å². The van der Waals surface area contributed by atoms with E-state index in [-0.39, 0.29) is 20.4 Å². The van der Waals surface area contributed by atoms with Gasteiger partial charge in [-0.1, -0.05) is 23.2 Å². The average Bonchev–Trinajstić information content (AvgIpc) is 2.19. The molecule has 3 nitrogen and oxygen atoms in total. The zero-order chi connectivity index (χ0) is 12.6. The number of rotatable bonds is 1. The van der Waals surface area contributed by atoms with E-state index in [1.807, 2.05) is 0 Å². The number of aromatic nitrogens is 2. The SMILES string of the molecule is O=c1ccn(-c2c(Cl)cc(F)cc2Cl)c(=S)[nH]1. The highest BCUT2D eigenvalue weighted by atomic mass is 35.5. The van der Waals surface area contributed by atoms with Crippen LogP contribution in [-0.4, -0.2) is 9.55 Å². The van der Waals surface area contributed by atoms with E-state index < -0.39 is 5.82 Å². The largest absolute Gasteiger partial charge is 0.299 e. The summed E-state index contributed by atoms with van der Waals surface area (Å²) in [7, 11) is 0. The maximum atomic E-state index is 13.0. The summed E-state index contributed by atoms with van der Waals surface area (Å²) in [5.74, 6) is -0.542. The van der Waals surface area contributed by atoms with Gasteiger partial charge in [-0.05, 0) is 24.4 Å². The molecule has 0 fully saturated rings. The lowest BCUT2D eigenvalue weighted by atomic mass is 10.3. The summed E-state index contributed by atoms with van der Waals surface area (Å²) in [6, 6.07) is 3.51. The van der Waals surface area contributed by atoms with Gasteiger partial charge in [-0.3, -0.25) is 14.3 Å². The molecule has 1 aromatic carbocycles. The third kappa shape index (κ3) is 2.41. The standard InChI is InChI=1S/C10H5Cl2FN2OS/c11-6-3-5(13)4-7(12)9(6)15-2-1-8(16)14-10(15)17/h1-4H,(H,14,16,17). The van der Waals surface area contributed by atoms with Crippen molar-refractivity contribution in [2.45, 2.75) is 0 Å². The number of aromatic amines is 1. The Kier molecular flexibility index (Phi) is 3.33. The van der Waals surface area contributed by atoms with Crippen molar-refractivity contribution in [3.8, 4) is 5.69 Å². The molecular formula is C10H5Cl2FN2OS. The van der Waals surface area contributed by atoms with Gasteiger partial charge in [0, 0.05) is 12.3 Å². The fourth-order valence-corrected chi connectivity index (χ4v) is 2.25. The van der Waals surface area contributed by atoms with Gasteiger partial charge in [-0.15, -0.1) is 0 Å². The van der Waals surface area contributed by atoms with E-state index in [9.17, 15) is 9.18 Å². The van der Waals surface area contributed by atoms with Crippen LogP contribution in [0.25, 0.3) is 5.69 Å². The molecular weight excluding hydrogens is 286 g/mol. The van der Waals surface area contributed by atoms with Gasteiger partial charge in [-0.2, -0.15) is 0 Å². The molecule has 0 spiro atoms. The van der Waals surface area contributed by atoms with Gasteiger partial charge in [0.1, 0.15) is 5.82 Å². The van der Waals surface area contributed by atoms with Crippen LogP contribution in [0.3, 0.4) is 0 Å². The number of hydrogen-bond donors (Lipinski definition) is 1. The first-order valence-corrected chi connectivity index (χ1v) is 5.62. The van der Waals surface area contributed by atoms with Crippen molar-refractivity contribution in [1.82, 2.24) is 9.55 Å². The quantitative estimate of drug-likeness (QED) is 0.818. The third-order valence-corrected chi connectivity index (χ3v) is 2.92. The number of nitrogens with zero attached hydrogens (tertiary/aromatic N) is 1. The molecule has 2 aromatic rings. The van der Waals surface area contributed by atoms with Crippen molar-refractivity contribution in [2.75, 3.05) is 0 Å². The molecule has 0 saturated heterocycles. The van der Waals surface area contributed by atoms with Crippen LogP contribution < -0.4 is 5.56 Å². The topological polar surface area (TPSA) is 37.8 Å². The van der Waals surface area contributed by atoms with Crippen LogP contribution in [0.4, 0.5) is 4.39 Å². The lowest BCUT2D eigenvalue weighted by Crippen LogP contribution is -2.10. The summed E-state index contributed by atoms with van der Waals surface area (Å²) >= 11 is 16.8. The van der Waals surface area contributed by atoms with Crippen LogP contribution in [0, 0.1) is 10.6 Å². The van der Waals surface area contributed by atoms with Crippen LogP contribution in [-0.2, 0) is 0 Å². The van der Waals surface area contributed by atoms with Gasteiger partial charge in [-0.25, -0.2) is 4.39 Å². The van der Waals surface area contributed by atoms with Gasteiger partial charge in [0.25, 0.3) is 5.56 Å². The van der Waals surface area contributed by atoms with Gasteiger partial charge in [0.05, 0.1) is 15.7 Å². The van der Waals surface area contributed by atoms with Crippen molar-refractivity contribution in [3.63, 3.8) is 0 Å². The normalized spacial score (nSPS) is 10.5. The first kappa shape index (κ1) is 12.3. The first-order valence-electron chi connectivity index (χ1n) is 4.46.